The lowest BCUT2D eigenvalue weighted by atomic mass is 10.1. The van der Waals surface area contributed by atoms with Crippen LogP contribution in [0.1, 0.15) is 39.5 Å². The van der Waals surface area contributed by atoms with E-state index in [0.29, 0.717) is 38.3 Å². The van der Waals surface area contributed by atoms with E-state index in [1.807, 2.05) is 61.5 Å². The molecule has 31 heavy (non-hydrogen) atoms. The van der Waals surface area contributed by atoms with Crippen molar-refractivity contribution in [3.63, 3.8) is 0 Å². The number of ether oxygens (including phenoxy) is 4. The highest BCUT2D eigenvalue weighted by molar-refractivity contribution is 5.69. The first kappa shape index (κ1) is 24.1. The fraction of sp³-hybridized carbons (Fsp3) is 0.417. The molecule has 0 aliphatic carbocycles. The van der Waals surface area contributed by atoms with Gasteiger partial charge < -0.3 is 24.3 Å². The largest absolute Gasteiger partial charge is 0.492 e. The smallest absolute Gasteiger partial charge is 0.407 e. The molecule has 0 bridgehead atoms. The maximum absolute atomic E-state index is 11.8. The Labute approximate surface area is 183 Å². The minimum absolute atomic E-state index is 0.188. The van der Waals surface area contributed by atoms with Crippen LogP contribution in [0.2, 0.25) is 0 Å². The lowest BCUT2D eigenvalue weighted by Crippen LogP contribution is -2.31. The number of benzene rings is 2. The summed E-state index contributed by atoms with van der Waals surface area (Å²) < 4.78 is 21.5. The van der Waals surface area contributed by atoms with E-state index in [4.69, 9.17) is 18.9 Å². The first-order valence-corrected chi connectivity index (χ1v) is 10.6. The number of nitrogens with one attached hydrogen (secondary N) is 1. The van der Waals surface area contributed by atoms with Gasteiger partial charge in [0.1, 0.15) is 30.0 Å². The zero-order valence-corrected chi connectivity index (χ0v) is 18.2. The van der Waals surface area contributed by atoms with Crippen molar-refractivity contribution in [3.8, 4) is 17.2 Å². The first-order valence-electron chi connectivity index (χ1n) is 10.6. The van der Waals surface area contributed by atoms with Crippen molar-refractivity contribution in [1.82, 2.24) is 5.32 Å². The van der Waals surface area contributed by atoms with Crippen LogP contribution in [0.3, 0.4) is 0 Å². The number of esters is 1. The Bertz CT molecular complexity index is 778. The summed E-state index contributed by atoms with van der Waals surface area (Å²) >= 11 is 0. The molecule has 168 valence electrons. The third-order valence-electron chi connectivity index (χ3n) is 4.30. The summed E-state index contributed by atoms with van der Waals surface area (Å²) in [6, 6.07) is 16.8. The predicted molar refractivity (Wildman–Crippen MR) is 117 cm³/mol. The second kappa shape index (κ2) is 13.9. The van der Waals surface area contributed by atoms with Crippen LogP contribution in [0, 0.1) is 0 Å². The van der Waals surface area contributed by atoms with E-state index in [0.717, 1.165) is 24.3 Å². The Morgan fingerprint density at radius 2 is 1.61 bits per heavy atom. The van der Waals surface area contributed by atoms with Crippen molar-refractivity contribution in [2.45, 2.75) is 45.6 Å². The quantitative estimate of drug-likeness (QED) is 0.352. The van der Waals surface area contributed by atoms with E-state index in [1.54, 1.807) is 6.92 Å². The maximum atomic E-state index is 11.8. The van der Waals surface area contributed by atoms with Gasteiger partial charge in [0.15, 0.2) is 0 Å². The zero-order valence-electron chi connectivity index (χ0n) is 18.2. The molecule has 0 heterocycles. The molecule has 0 saturated heterocycles. The molecule has 2 rings (SSSR count). The summed E-state index contributed by atoms with van der Waals surface area (Å²) in [5.41, 5.74) is 0. The second-order valence-electron chi connectivity index (χ2n) is 6.93. The van der Waals surface area contributed by atoms with Gasteiger partial charge in [-0.25, -0.2) is 4.79 Å². The molecule has 1 unspecified atom stereocenters. The van der Waals surface area contributed by atoms with Gasteiger partial charge in [0.25, 0.3) is 0 Å². The number of carbonyl (C=O) groups excluding carboxylic acids is 2. The van der Waals surface area contributed by atoms with Gasteiger partial charge in [-0.15, -0.1) is 0 Å². The maximum Gasteiger partial charge on any atom is 0.407 e. The monoisotopic (exact) mass is 429 g/mol. The van der Waals surface area contributed by atoms with Gasteiger partial charge in [-0.2, -0.15) is 0 Å². The molecule has 0 aromatic heterocycles. The topological polar surface area (TPSA) is 83.1 Å². The molecule has 0 fully saturated rings. The number of unbranched alkanes of at least 4 members (excludes halogenated alkanes) is 1. The van der Waals surface area contributed by atoms with E-state index >= 15 is 0 Å². The van der Waals surface area contributed by atoms with Crippen molar-refractivity contribution < 1.29 is 28.5 Å². The Hall–Kier alpha value is -3.22. The Balaban J connectivity index is 1.55. The highest BCUT2D eigenvalue weighted by Crippen LogP contribution is 2.23. The van der Waals surface area contributed by atoms with Gasteiger partial charge in [-0.3, -0.25) is 4.79 Å². The number of hydrogen-bond acceptors (Lipinski definition) is 6. The minimum atomic E-state index is -0.479. The zero-order chi connectivity index (χ0) is 22.3. The van der Waals surface area contributed by atoms with Crippen molar-refractivity contribution >= 4 is 12.1 Å². The van der Waals surface area contributed by atoms with Gasteiger partial charge in [0.2, 0.25) is 0 Å². The minimum Gasteiger partial charge on any atom is -0.492 e. The average Bonchev–Trinajstić information content (AvgIpc) is 2.76. The molecule has 0 saturated carbocycles. The van der Waals surface area contributed by atoms with Crippen LogP contribution in [0.15, 0.2) is 54.6 Å². The summed E-state index contributed by atoms with van der Waals surface area (Å²) in [6.07, 6.45) is 1.90. The van der Waals surface area contributed by atoms with Crippen LogP contribution in [0.25, 0.3) is 0 Å². The number of alkyl carbamates (subject to hydrolysis) is 1. The standard InChI is InChI=1S/C24H31NO6/c1-3-28-23(26)12-8-7-9-19(2)30-24(27)25-17-18-29-20-13-15-22(16-14-20)31-21-10-5-4-6-11-21/h4-6,10-11,13-16,19H,3,7-9,12,17-18H2,1-2H3,(H,25,27). The summed E-state index contributed by atoms with van der Waals surface area (Å²) in [4.78, 5) is 23.1. The molecule has 0 aliphatic rings. The van der Waals surface area contributed by atoms with Gasteiger partial charge >= 0.3 is 12.1 Å². The van der Waals surface area contributed by atoms with Crippen LogP contribution in [0.5, 0.6) is 17.2 Å². The number of hydrogen-bond donors (Lipinski definition) is 1. The van der Waals surface area contributed by atoms with Gasteiger partial charge in [0, 0.05) is 6.42 Å². The second-order valence-corrected chi connectivity index (χ2v) is 6.93. The van der Waals surface area contributed by atoms with Gasteiger partial charge in [-0.1, -0.05) is 18.2 Å². The molecule has 2 aromatic rings. The van der Waals surface area contributed by atoms with Crippen molar-refractivity contribution in [1.29, 1.82) is 0 Å². The summed E-state index contributed by atoms with van der Waals surface area (Å²) in [7, 11) is 0. The van der Waals surface area contributed by atoms with Crippen molar-refractivity contribution in [3.05, 3.63) is 54.6 Å². The normalized spacial score (nSPS) is 11.3. The van der Waals surface area contributed by atoms with Crippen LogP contribution < -0.4 is 14.8 Å². The van der Waals surface area contributed by atoms with E-state index in [2.05, 4.69) is 5.32 Å². The number of para-hydroxylation sites is 1. The fourth-order valence-electron chi connectivity index (χ4n) is 2.77. The predicted octanol–water partition coefficient (Wildman–Crippen LogP) is 5.10. The molecule has 0 aliphatic heterocycles. The lowest BCUT2D eigenvalue weighted by molar-refractivity contribution is -0.143. The molecular weight excluding hydrogens is 398 g/mol. The average molecular weight is 430 g/mol. The van der Waals surface area contributed by atoms with E-state index < -0.39 is 6.09 Å². The summed E-state index contributed by atoms with van der Waals surface area (Å²) in [6.45, 7) is 4.67. The lowest BCUT2D eigenvalue weighted by Gasteiger charge is -2.14. The molecule has 1 amide bonds. The molecule has 1 atom stereocenters. The van der Waals surface area contributed by atoms with Crippen molar-refractivity contribution in [2.24, 2.45) is 0 Å². The van der Waals surface area contributed by atoms with E-state index in [1.165, 1.54) is 0 Å². The van der Waals surface area contributed by atoms with Crippen LogP contribution in [-0.2, 0) is 14.3 Å². The SMILES string of the molecule is CCOC(=O)CCCCC(C)OC(=O)NCCOc1ccc(Oc2ccccc2)cc1. The van der Waals surface area contributed by atoms with Crippen molar-refractivity contribution in [2.75, 3.05) is 19.8 Å². The first-order chi connectivity index (χ1) is 15.1. The summed E-state index contributed by atoms with van der Waals surface area (Å²) in [5.74, 6) is 1.99. The van der Waals surface area contributed by atoms with Crippen LogP contribution >= 0.6 is 0 Å². The summed E-state index contributed by atoms with van der Waals surface area (Å²) in [5, 5.41) is 2.67. The number of rotatable bonds is 13. The highest BCUT2D eigenvalue weighted by Gasteiger charge is 2.09. The van der Waals surface area contributed by atoms with Crippen LogP contribution in [0.4, 0.5) is 4.79 Å². The molecule has 7 nitrogen and oxygen atoms in total. The number of amides is 1. The Kier molecular flexibility index (Phi) is 10.8. The Morgan fingerprint density at radius 3 is 2.32 bits per heavy atom. The van der Waals surface area contributed by atoms with Gasteiger partial charge in [0.05, 0.1) is 13.2 Å². The van der Waals surface area contributed by atoms with E-state index in [9.17, 15) is 9.59 Å². The Morgan fingerprint density at radius 1 is 0.935 bits per heavy atom. The molecule has 0 radical (unpaired) electrons. The third-order valence-corrected chi connectivity index (χ3v) is 4.30. The third kappa shape index (κ3) is 10.4. The number of carbonyl (C=O) groups is 2. The molecule has 2 aromatic carbocycles. The molecule has 7 heteroatoms. The molecule has 0 spiro atoms. The van der Waals surface area contributed by atoms with E-state index in [-0.39, 0.29) is 12.1 Å². The molecular formula is C24H31NO6. The highest BCUT2D eigenvalue weighted by atomic mass is 16.6. The van der Waals surface area contributed by atoms with Crippen LogP contribution in [-0.4, -0.2) is 37.9 Å². The molecule has 1 N–H and O–H groups in total. The van der Waals surface area contributed by atoms with Gasteiger partial charge in [-0.05, 0) is 69.5 Å². The fourth-order valence-corrected chi connectivity index (χ4v) is 2.77.